The van der Waals surface area contributed by atoms with Crippen molar-refractivity contribution in [2.45, 2.75) is 25.4 Å². The Hall–Kier alpha value is -1.06. The van der Waals surface area contributed by atoms with E-state index in [9.17, 15) is 5.11 Å². The molecule has 1 heterocycles. The van der Waals surface area contributed by atoms with E-state index in [1.54, 1.807) is 12.1 Å². The second-order valence-corrected chi connectivity index (χ2v) is 4.04. The summed E-state index contributed by atoms with van der Waals surface area (Å²) in [5.74, 6) is 0.315. The SMILES string of the molecule is CC(NC1CCOC1)c1ccc(O)cc1. The van der Waals surface area contributed by atoms with E-state index in [1.807, 2.05) is 12.1 Å². The van der Waals surface area contributed by atoms with Crippen LogP contribution >= 0.6 is 0 Å². The first-order chi connectivity index (χ1) is 7.25. The number of nitrogens with one attached hydrogen (secondary N) is 1. The van der Waals surface area contributed by atoms with Crippen LogP contribution in [0.15, 0.2) is 24.3 Å². The van der Waals surface area contributed by atoms with Crippen LogP contribution in [-0.2, 0) is 4.74 Å². The van der Waals surface area contributed by atoms with Gasteiger partial charge in [0.15, 0.2) is 0 Å². The summed E-state index contributed by atoms with van der Waals surface area (Å²) in [6.45, 7) is 3.80. The van der Waals surface area contributed by atoms with Crippen LogP contribution in [0, 0.1) is 0 Å². The summed E-state index contributed by atoms with van der Waals surface area (Å²) in [5, 5.41) is 12.7. The second kappa shape index (κ2) is 4.64. The maximum Gasteiger partial charge on any atom is 0.115 e. The Labute approximate surface area is 90.1 Å². The summed E-state index contributed by atoms with van der Waals surface area (Å²) in [5.41, 5.74) is 1.19. The molecule has 1 saturated heterocycles. The molecule has 0 radical (unpaired) electrons. The van der Waals surface area contributed by atoms with E-state index in [2.05, 4.69) is 12.2 Å². The van der Waals surface area contributed by atoms with Gasteiger partial charge in [0.2, 0.25) is 0 Å². The van der Waals surface area contributed by atoms with Crippen LogP contribution in [0.25, 0.3) is 0 Å². The van der Waals surface area contributed by atoms with E-state index in [-0.39, 0.29) is 0 Å². The molecule has 1 fully saturated rings. The van der Waals surface area contributed by atoms with Crippen molar-refractivity contribution >= 4 is 0 Å². The zero-order valence-corrected chi connectivity index (χ0v) is 8.94. The van der Waals surface area contributed by atoms with Gasteiger partial charge in [0, 0.05) is 18.7 Å². The third-order valence-electron chi connectivity index (χ3n) is 2.81. The van der Waals surface area contributed by atoms with Gasteiger partial charge in [-0.1, -0.05) is 12.1 Å². The Morgan fingerprint density at radius 2 is 2.13 bits per heavy atom. The average Bonchev–Trinajstić information content (AvgIpc) is 2.71. The molecule has 0 bridgehead atoms. The zero-order valence-electron chi connectivity index (χ0n) is 8.94. The Morgan fingerprint density at radius 1 is 1.40 bits per heavy atom. The number of ether oxygens (including phenoxy) is 1. The molecule has 0 aromatic heterocycles. The molecule has 0 amide bonds. The quantitative estimate of drug-likeness (QED) is 0.794. The molecule has 82 valence electrons. The second-order valence-electron chi connectivity index (χ2n) is 4.04. The van der Waals surface area contributed by atoms with Gasteiger partial charge in [-0.3, -0.25) is 0 Å². The van der Waals surface area contributed by atoms with Gasteiger partial charge in [-0.15, -0.1) is 0 Å². The largest absolute Gasteiger partial charge is 0.508 e. The molecule has 0 spiro atoms. The fraction of sp³-hybridized carbons (Fsp3) is 0.500. The highest BCUT2D eigenvalue weighted by Gasteiger charge is 2.17. The molecule has 2 unspecified atom stereocenters. The minimum Gasteiger partial charge on any atom is -0.508 e. The van der Waals surface area contributed by atoms with Crippen molar-refractivity contribution in [3.63, 3.8) is 0 Å². The van der Waals surface area contributed by atoms with Crippen molar-refractivity contribution < 1.29 is 9.84 Å². The standard InChI is InChI=1S/C12H17NO2/c1-9(13-11-6-7-15-8-11)10-2-4-12(14)5-3-10/h2-5,9,11,13-14H,6-8H2,1H3. The van der Waals surface area contributed by atoms with Crippen LogP contribution in [0.3, 0.4) is 0 Å². The van der Waals surface area contributed by atoms with Crippen molar-refractivity contribution in [3.8, 4) is 5.75 Å². The Morgan fingerprint density at radius 3 is 2.73 bits per heavy atom. The normalized spacial score (nSPS) is 22.9. The Kier molecular flexibility index (Phi) is 3.23. The van der Waals surface area contributed by atoms with Crippen molar-refractivity contribution in [1.29, 1.82) is 0 Å². The fourth-order valence-electron chi connectivity index (χ4n) is 1.88. The lowest BCUT2D eigenvalue weighted by molar-refractivity contribution is 0.188. The molecule has 0 saturated carbocycles. The van der Waals surface area contributed by atoms with Gasteiger partial charge in [0.25, 0.3) is 0 Å². The maximum atomic E-state index is 9.18. The first kappa shape index (κ1) is 10.5. The molecule has 1 aliphatic heterocycles. The monoisotopic (exact) mass is 207 g/mol. The van der Waals surface area contributed by atoms with E-state index in [1.165, 1.54) is 5.56 Å². The topological polar surface area (TPSA) is 41.5 Å². The zero-order chi connectivity index (χ0) is 10.7. The summed E-state index contributed by atoms with van der Waals surface area (Å²) in [7, 11) is 0. The highest BCUT2D eigenvalue weighted by molar-refractivity contribution is 5.27. The molecular weight excluding hydrogens is 190 g/mol. The molecule has 1 aromatic carbocycles. The van der Waals surface area contributed by atoms with E-state index < -0.39 is 0 Å². The molecule has 2 atom stereocenters. The van der Waals surface area contributed by atoms with Crippen LogP contribution in [0.4, 0.5) is 0 Å². The van der Waals surface area contributed by atoms with Crippen molar-refractivity contribution in [3.05, 3.63) is 29.8 Å². The van der Waals surface area contributed by atoms with Crippen LogP contribution in [0.2, 0.25) is 0 Å². The van der Waals surface area contributed by atoms with Gasteiger partial charge in [0.1, 0.15) is 5.75 Å². The van der Waals surface area contributed by atoms with E-state index >= 15 is 0 Å². The van der Waals surface area contributed by atoms with Gasteiger partial charge in [-0.25, -0.2) is 0 Å². The molecule has 0 aliphatic carbocycles. The number of phenolic OH excluding ortho intramolecular Hbond substituents is 1. The molecule has 1 aromatic rings. The first-order valence-corrected chi connectivity index (χ1v) is 5.38. The molecule has 1 aliphatic rings. The Balaban J connectivity index is 1.94. The van der Waals surface area contributed by atoms with Gasteiger partial charge in [-0.2, -0.15) is 0 Å². The van der Waals surface area contributed by atoms with Crippen molar-refractivity contribution in [2.24, 2.45) is 0 Å². The molecular formula is C12H17NO2. The number of rotatable bonds is 3. The third kappa shape index (κ3) is 2.70. The minimum atomic E-state index is 0.303. The van der Waals surface area contributed by atoms with Gasteiger partial charge in [0.05, 0.1) is 6.61 Å². The summed E-state index contributed by atoms with van der Waals surface area (Å²) >= 11 is 0. The molecule has 15 heavy (non-hydrogen) atoms. The first-order valence-electron chi connectivity index (χ1n) is 5.38. The lowest BCUT2D eigenvalue weighted by Gasteiger charge is -2.18. The van der Waals surface area contributed by atoms with E-state index in [4.69, 9.17) is 4.74 Å². The number of benzene rings is 1. The highest BCUT2D eigenvalue weighted by Crippen LogP contribution is 2.18. The number of phenols is 1. The molecule has 3 nitrogen and oxygen atoms in total. The van der Waals surface area contributed by atoms with Crippen LogP contribution in [0.5, 0.6) is 5.75 Å². The van der Waals surface area contributed by atoms with E-state index in [0.717, 1.165) is 19.6 Å². The number of aromatic hydroxyl groups is 1. The summed E-state index contributed by atoms with van der Waals surface area (Å²) in [6, 6.07) is 8.11. The summed E-state index contributed by atoms with van der Waals surface area (Å²) < 4.78 is 5.31. The van der Waals surface area contributed by atoms with Gasteiger partial charge < -0.3 is 15.2 Å². The lowest BCUT2D eigenvalue weighted by atomic mass is 10.1. The average molecular weight is 207 g/mol. The summed E-state index contributed by atoms with van der Waals surface area (Å²) in [6.07, 6.45) is 1.09. The summed E-state index contributed by atoms with van der Waals surface area (Å²) in [4.78, 5) is 0. The predicted octanol–water partition coefficient (Wildman–Crippen LogP) is 1.83. The van der Waals surface area contributed by atoms with Crippen molar-refractivity contribution in [1.82, 2.24) is 5.32 Å². The molecule has 2 rings (SSSR count). The highest BCUT2D eigenvalue weighted by atomic mass is 16.5. The predicted molar refractivity (Wildman–Crippen MR) is 58.9 cm³/mol. The van der Waals surface area contributed by atoms with E-state index in [0.29, 0.717) is 17.8 Å². The fourth-order valence-corrected chi connectivity index (χ4v) is 1.88. The minimum absolute atomic E-state index is 0.303. The van der Waals surface area contributed by atoms with Crippen LogP contribution in [-0.4, -0.2) is 24.4 Å². The molecule has 2 N–H and O–H groups in total. The molecule has 3 heteroatoms. The third-order valence-corrected chi connectivity index (χ3v) is 2.81. The van der Waals surface area contributed by atoms with Crippen LogP contribution < -0.4 is 5.32 Å². The van der Waals surface area contributed by atoms with Gasteiger partial charge in [-0.05, 0) is 31.0 Å². The Bertz CT molecular complexity index is 304. The lowest BCUT2D eigenvalue weighted by Crippen LogP contribution is -2.31. The van der Waals surface area contributed by atoms with Crippen molar-refractivity contribution in [2.75, 3.05) is 13.2 Å². The maximum absolute atomic E-state index is 9.18. The number of hydrogen-bond donors (Lipinski definition) is 2. The van der Waals surface area contributed by atoms with Crippen LogP contribution in [0.1, 0.15) is 24.9 Å². The smallest absolute Gasteiger partial charge is 0.115 e. The van der Waals surface area contributed by atoms with Gasteiger partial charge >= 0.3 is 0 Å². The number of hydrogen-bond acceptors (Lipinski definition) is 3.